The van der Waals surface area contributed by atoms with Crippen LogP contribution in [0.4, 0.5) is 13.2 Å². The zero-order valence-corrected chi connectivity index (χ0v) is 10.7. The monoisotopic (exact) mass is 288 g/mol. The second-order valence-electron chi connectivity index (χ2n) is 3.94. The van der Waals surface area contributed by atoms with Gasteiger partial charge in [0, 0.05) is 13.1 Å². The van der Waals surface area contributed by atoms with E-state index in [-0.39, 0.29) is 13.2 Å². The van der Waals surface area contributed by atoms with E-state index in [1.165, 1.54) is 0 Å². The minimum absolute atomic E-state index is 0.00285. The number of nitriles is 1. The summed E-state index contributed by atoms with van der Waals surface area (Å²) in [7, 11) is 0. The average Bonchev–Trinajstić information content (AvgIpc) is 2.40. The topological polar surface area (TPSA) is 54.3 Å². The van der Waals surface area contributed by atoms with Crippen molar-refractivity contribution in [1.82, 2.24) is 5.32 Å². The zero-order chi connectivity index (χ0) is 14.8. The predicted octanol–water partition coefficient (Wildman–Crippen LogP) is 2.26. The number of ether oxygens (including phenoxy) is 2. The molecule has 0 saturated carbocycles. The van der Waals surface area contributed by atoms with Gasteiger partial charge in [0.15, 0.2) is 6.61 Å². The molecule has 0 saturated heterocycles. The minimum Gasteiger partial charge on any atom is -0.479 e. The molecule has 0 aliphatic heterocycles. The van der Waals surface area contributed by atoms with Gasteiger partial charge in [0.2, 0.25) is 0 Å². The van der Waals surface area contributed by atoms with E-state index in [0.29, 0.717) is 18.8 Å². The Bertz CT molecular complexity index is 427. The molecule has 0 atom stereocenters. The molecule has 0 radical (unpaired) electrons. The third kappa shape index (κ3) is 7.61. The molecule has 1 aromatic carbocycles. The molecule has 0 heterocycles. The fourth-order valence-electron chi connectivity index (χ4n) is 1.38. The SMILES string of the molecule is N#CCOc1ccc(CNCCOCC(F)(F)F)cc1. The Labute approximate surface area is 115 Å². The molecule has 0 aliphatic rings. The van der Waals surface area contributed by atoms with Crippen LogP contribution in [-0.4, -0.2) is 32.5 Å². The van der Waals surface area contributed by atoms with Crippen molar-refractivity contribution in [2.24, 2.45) is 0 Å². The minimum atomic E-state index is -4.28. The van der Waals surface area contributed by atoms with E-state index in [0.717, 1.165) is 5.56 Å². The molecule has 110 valence electrons. The van der Waals surface area contributed by atoms with Gasteiger partial charge in [-0.05, 0) is 17.7 Å². The van der Waals surface area contributed by atoms with Crippen LogP contribution in [0.15, 0.2) is 24.3 Å². The van der Waals surface area contributed by atoms with E-state index < -0.39 is 12.8 Å². The van der Waals surface area contributed by atoms with E-state index in [1.807, 2.05) is 18.2 Å². The molecule has 0 spiro atoms. The molecule has 1 N–H and O–H groups in total. The number of nitrogens with one attached hydrogen (secondary N) is 1. The highest BCUT2D eigenvalue weighted by atomic mass is 19.4. The number of nitrogens with zero attached hydrogens (tertiary/aromatic N) is 1. The number of hydrogen-bond donors (Lipinski definition) is 1. The molecule has 1 rings (SSSR count). The van der Waals surface area contributed by atoms with Gasteiger partial charge in [0.05, 0.1) is 6.61 Å². The van der Waals surface area contributed by atoms with Crippen molar-refractivity contribution in [2.75, 3.05) is 26.4 Å². The molecule has 0 aliphatic carbocycles. The van der Waals surface area contributed by atoms with E-state index in [4.69, 9.17) is 10.00 Å². The molecular formula is C13H15F3N2O2. The van der Waals surface area contributed by atoms with Crippen LogP contribution in [0.5, 0.6) is 5.75 Å². The first-order valence-electron chi connectivity index (χ1n) is 5.95. The molecule has 0 fully saturated rings. The van der Waals surface area contributed by atoms with Gasteiger partial charge >= 0.3 is 6.18 Å². The molecule has 7 heteroatoms. The lowest BCUT2D eigenvalue weighted by Crippen LogP contribution is -2.23. The maximum absolute atomic E-state index is 11.8. The zero-order valence-electron chi connectivity index (χ0n) is 10.7. The summed E-state index contributed by atoms with van der Waals surface area (Å²) in [6.07, 6.45) is -4.28. The number of benzene rings is 1. The van der Waals surface area contributed by atoms with Crippen molar-refractivity contribution >= 4 is 0 Å². The maximum Gasteiger partial charge on any atom is 0.411 e. The van der Waals surface area contributed by atoms with Crippen molar-refractivity contribution < 1.29 is 22.6 Å². The standard InChI is InChI=1S/C13H15F3N2O2/c14-13(15,16)10-19-8-6-18-9-11-1-3-12(4-2-11)20-7-5-17/h1-4,18H,6-10H2. The fraction of sp³-hybridized carbons (Fsp3) is 0.462. The second kappa shape index (κ2) is 8.40. The third-order valence-electron chi connectivity index (χ3n) is 2.24. The van der Waals surface area contributed by atoms with Gasteiger partial charge in [-0.3, -0.25) is 0 Å². The van der Waals surface area contributed by atoms with Gasteiger partial charge in [-0.2, -0.15) is 18.4 Å². The van der Waals surface area contributed by atoms with E-state index in [1.54, 1.807) is 12.1 Å². The lowest BCUT2D eigenvalue weighted by molar-refractivity contribution is -0.173. The highest BCUT2D eigenvalue weighted by Crippen LogP contribution is 2.14. The van der Waals surface area contributed by atoms with Crippen LogP contribution in [0.3, 0.4) is 0 Å². The predicted molar refractivity (Wildman–Crippen MR) is 66.1 cm³/mol. The van der Waals surface area contributed by atoms with Crippen LogP contribution < -0.4 is 10.1 Å². The lowest BCUT2D eigenvalue weighted by atomic mass is 10.2. The lowest BCUT2D eigenvalue weighted by Gasteiger charge is -2.09. The Morgan fingerprint density at radius 1 is 1.20 bits per heavy atom. The molecule has 20 heavy (non-hydrogen) atoms. The summed E-state index contributed by atoms with van der Waals surface area (Å²) in [6.45, 7) is -0.368. The van der Waals surface area contributed by atoms with Crippen LogP contribution in [0.1, 0.15) is 5.56 Å². The van der Waals surface area contributed by atoms with Crippen molar-refractivity contribution in [1.29, 1.82) is 5.26 Å². The second-order valence-corrected chi connectivity index (χ2v) is 3.94. The Morgan fingerprint density at radius 2 is 1.90 bits per heavy atom. The van der Waals surface area contributed by atoms with Gasteiger partial charge in [0.25, 0.3) is 0 Å². The van der Waals surface area contributed by atoms with Crippen LogP contribution >= 0.6 is 0 Å². The molecule has 1 aromatic rings. The number of halogens is 3. The van der Waals surface area contributed by atoms with E-state index in [2.05, 4.69) is 10.1 Å². The van der Waals surface area contributed by atoms with Crippen LogP contribution in [0.25, 0.3) is 0 Å². The molecule has 0 aromatic heterocycles. The first-order valence-corrected chi connectivity index (χ1v) is 5.95. The van der Waals surface area contributed by atoms with Crippen molar-refractivity contribution in [3.05, 3.63) is 29.8 Å². The number of alkyl halides is 3. The molecular weight excluding hydrogens is 273 g/mol. The van der Waals surface area contributed by atoms with Gasteiger partial charge in [0.1, 0.15) is 18.4 Å². The fourth-order valence-corrected chi connectivity index (χ4v) is 1.38. The number of rotatable bonds is 8. The quantitative estimate of drug-likeness (QED) is 0.745. The first kappa shape index (κ1) is 16.3. The Kier molecular flexibility index (Phi) is 6.84. The normalized spacial score (nSPS) is 11.1. The van der Waals surface area contributed by atoms with Crippen LogP contribution in [0.2, 0.25) is 0 Å². The largest absolute Gasteiger partial charge is 0.479 e. The maximum atomic E-state index is 11.8. The van der Waals surface area contributed by atoms with E-state index >= 15 is 0 Å². The van der Waals surface area contributed by atoms with Gasteiger partial charge in [-0.25, -0.2) is 0 Å². The Hall–Kier alpha value is -1.78. The number of hydrogen-bond acceptors (Lipinski definition) is 4. The van der Waals surface area contributed by atoms with Crippen molar-refractivity contribution in [3.63, 3.8) is 0 Å². The summed E-state index contributed by atoms with van der Waals surface area (Å²) in [6, 6.07) is 8.96. The van der Waals surface area contributed by atoms with Gasteiger partial charge in [-0.1, -0.05) is 12.1 Å². The highest BCUT2D eigenvalue weighted by molar-refractivity contribution is 5.27. The summed E-state index contributed by atoms with van der Waals surface area (Å²) in [4.78, 5) is 0. The highest BCUT2D eigenvalue weighted by Gasteiger charge is 2.27. The van der Waals surface area contributed by atoms with Gasteiger partial charge in [-0.15, -0.1) is 0 Å². The van der Waals surface area contributed by atoms with Crippen molar-refractivity contribution in [3.8, 4) is 11.8 Å². The Balaban J connectivity index is 2.14. The Morgan fingerprint density at radius 3 is 2.50 bits per heavy atom. The van der Waals surface area contributed by atoms with Gasteiger partial charge < -0.3 is 14.8 Å². The summed E-state index contributed by atoms with van der Waals surface area (Å²) >= 11 is 0. The summed E-state index contributed by atoms with van der Waals surface area (Å²) in [5, 5.41) is 11.3. The summed E-state index contributed by atoms with van der Waals surface area (Å²) in [5.41, 5.74) is 0.963. The van der Waals surface area contributed by atoms with Crippen LogP contribution in [-0.2, 0) is 11.3 Å². The average molecular weight is 288 g/mol. The molecule has 0 unspecified atom stereocenters. The molecule has 0 amide bonds. The first-order chi connectivity index (χ1) is 9.51. The van der Waals surface area contributed by atoms with Crippen molar-refractivity contribution in [2.45, 2.75) is 12.7 Å². The smallest absolute Gasteiger partial charge is 0.411 e. The summed E-state index contributed by atoms with van der Waals surface area (Å²) in [5.74, 6) is 0.601. The molecule has 0 bridgehead atoms. The third-order valence-corrected chi connectivity index (χ3v) is 2.24. The van der Waals surface area contributed by atoms with Crippen LogP contribution in [0, 0.1) is 11.3 Å². The summed E-state index contributed by atoms with van der Waals surface area (Å²) < 4.78 is 44.9. The molecule has 4 nitrogen and oxygen atoms in total. The van der Waals surface area contributed by atoms with E-state index in [9.17, 15) is 13.2 Å².